The fourth-order valence-corrected chi connectivity index (χ4v) is 2.28. The Kier molecular flexibility index (Phi) is 3.91. The molecular weight excluding hydrogens is 326 g/mol. The van der Waals surface area contributed by atoms with E-state index in [2.05, 4.69) is 21.9 Å². The van der Waals surface area contributed by atoms with Crippen molar-refractivity contribution in [1.82, 2.24) is 4.90 Å². The highest BCUT2D eigenvalue weighted by Gasteiger charge is 2.41. The Bertz CT molecular complexity index is 647. The molecule has 0 saturated heterocycles. The average molecular weight is 336 g/mol. The first-order valence-electron chi connectivity index (χ1n) is 5.75. The van der Waals surface area contributed by atoms with Crippen LogP contribution >= 0.6 is 15.9 Å². The number of carbonyl (C=O) groups is 3. The van der Waals surface area contributed by atoms with Crippen LogP contribution in [0.2, 0.25) is 0 Å². The highest BCUT2D eigenvalue weighted by atomic mass is 79.9. The van der Waals surface area contributed by atoms with Gasteiger partial charge >= 0.3 is 5.97 Å². The maximum absolute atomic E-state index is 12.2. The fraction of sp³-hybridized carbons (Fsp3) is 0.214. The summed E-state index contributed by atoms with van der Waals surface area (Å²) in [7, 11) is 0. The van der Waals surface area contributed by atoms with Crippen LogP contribution in [0.5, 0.6) is 0 Å². The summed E-state index contributed by atoms with van der Waals surface area (Å²) < 4.78 is 5.44. The minimum Gasteiger partial charge on any atom is -0.451 e. The largest absolute Gasteiger partial charge is 0.451 e. The molecule has 0 aromatic heterocycles. The van der Waals surface area contributed by atoms with E-state index in [1.807, 2.05) is 0 Å². The van der Waals surface area contributed by atoms with Crippen LogP contribution in [0.3, 0.4) is 0 Å². The molecule has 0 bridgehead atoms. The predicted molar refractivity (Wildman–Crippen MR) is 73.9 cm³/mol. The number of amides is 2. The summed E-state index contributed by atoms with van der Waals surface area (Å²) in [4.78, 5) is 37.0. The Morgan fingerprint density at radius 3 is 2.70 bits per heavy atom. The van der Waals surface area contributed by atoms with E-state index in [9.17, 15) is 14.4 Å². The number of halogens is 1. The van der Waals surface area contributed by atoms with E-state index < -0.39 is 23.8 Å². The van der Waals surface area contributed by atoms with Crippen LogP contribution in [0.25, 0.3) is 0 Å². The first-order valence-corrected chi connectivity index (χ1v) is 6.54. The second kappa shape index (κ2) is 5.47. The zero-order valence-electron chi connectivity index (χ0n) is 10.6. The van der Waals surface area contributed by atoms with E-state index in [4.69, 9.17) is 11.2 Å². The van der Waals surface area contributed by atoms with Crippen LogP contribution in [-0.2, 0) is 9.53 Å². The van der Waals surface area contributed by atoms with Gasteiger partial charge in [-0.2, -0.15) is 0 Å². The van der Waals surface area contributed by atoms with Gasteiger partial charge in [-0.15, -0.1) is 6.42 Å². The topological polar surface area (TPSA) is 63.7 Å². The lowest BCUT2D eigenvalue weighted by Gasteiger charge is -2.20. The molecule has 0 aliphatic carbocycles. The third-order valence-corrected chi connectivity index (χ3v) is 3.40. The third-order valence-electron chi connectivity index (χ3n) is 2.91. The molecule has 20 heavy (non-hydrogen) atoms. The first-order chi connectivity index (χ1) is 9.47. The third kappa shape index (κ3) is 2.32. The van der Waals surface area contributed by atoms with Gasteiger partial charge in [0.1, 0.15) is 6.04 Å². The van der Waals surface area contributed by atoms with Gasteiger partial charge in [-0.05, 0) is 25.1 Å². The Balaban J connectivity index is 2.28. The number of imide groups is 1. The molecule has 0 fully saturated rings. The molecule has 0 N–H and O–H groups in total. The van der Waals surface area contributed by atoms with Gasteiger partial charge in [0, 0.05) is 4.47 Å². The van der Waals surface area contributed by atoms with Crippen LogP contribution in [0.4, 0.5) is 0 Å². The lowest BCUT2D eigenvalue weighted by Crippen LogP contribution is -2.43. The maximum Gasteiger partial charge on any atom is 0.330 e. The van der Waals surface area contributed by atoms with Gasteiger partial charge in [0.2, 0.25) is 0 Å². The van der Waals surface area contributed by atoms with E-state index in [0.717, 1.165) is 4.90 Å². The van der Waals surface area contributed by atoms with Gasteiger partial charge in [0.15, 0.2) is 6.61 Å². The molecule has 0 saturated carbocycles. The molecule has 0 spiro atoms. The molecule has 1 aromatic carbocycles. The van der Waals surface area contributed by atoms with Gasteiger partial charge in [-0.1, -0.05) is 21.9 Å². The zero-order chi connectivity index (χ0) is 14.9. The van der Waals surface area contributed by atoms with Crippen LogP contribution in [-0.4, -0.2) is 35.3 Å². The van der Waals surface area contributed by atoms with E-state index in [1.165, 1.54) is 6.92 Å². The summed E-state index contributed by atoms with van der Waals surface area (Å²) in [6.45, 7) is 1.23. The van der Waals surface area contributed by atoms with Crippen molar-refractivity contribution in [3.63, 3.8) is 0 Å². The number of fused-ring (bicyclic) bond motifs is 1. The molecule has 6 heteroatoms. The number of esters is 1. The molecule has 2 amide bonds. The minimum absolute atomic E-state index is 0.197. The lowest BCUT2D eigenvalue weighted by molar-refractivity contribution is -0.146. The van der Waals surface area contributed by atoms with Gasteiger partial charge in [0.05, 0.1) is 11.1 Å². The smallest absolute Gasteiger partial charge is 0.330 e. The van der Waals surface area contributed by atoms with Crippen LogP contribution in [0, 0.1) is 12.3 Å². The standard InChI is InChI=1S/C14H10BrNO4/c1-3-6-20-14(19)8(2)16-12(17)10-5-4-9(15)7-11(10)13(16)18/h1,4-5,7-8H,6H2,2H3/t8-/m1/s1. The van der Waals surface area contributed by atoms with E-state index in [-0.39, 0.29) is 17.7 Å². The number of rotatable bonds is 3. The summed E-state index contributed by atoms with van der Waals surface area (Å²) in [6, 6.07) is 3.73. The van der Waals surface area contributed by atoms with Crippen molar-refractivity contribution in [2.75, 3.05) is 6.61 Å². The van der Waals surface area contributed by atoms with Crippen molar-refractivity contribution >= 4 is 33.7 Å². The Hall–Kier alpha value is -2.13. The lowest BCUT2D eigenvalue weighted by atomic mass is 10.1. The quantitative estimate of drug-likeness (QED) is 0.478. The molecule has 102 valence electrons. The highest BCUT2D eigenvalue weighted by Crippen LogP contribution is 2.27. The number of carbonyl (C=O) groups excluding carboxylic acids is 3. The number of nitrogens with zero attached hydrogens (tertiary/aromatic N) is 1. The molecular formula is C14H10BrNO4. The Morgan fingerprint density at radius 2 is 2.05 bits per heavy atom. The normalized spacial score (nSPS) is 14.8. The maximum atomic E-state index is 12.2. The molecule has 5 nitrogen and oxygen atoms in total. The SMILES string of the molecule is C#CCOC(=O)[C@@H](C)N1C(=O)c2ccc(Br)cc2C1=O. The molecule has 1 heterocycles. The van der Waals surface area contributed by atoms with Gasteiger partial charge in [-0.3, -0.25) is 14.5 Å². The molecule has 1 aromatic rings. The second-order valence-corrected chi connectivity index (χ2v) is 5.07. The van der Waals surface area contributed by atoms with Gasteiger partial charge < -0.3 is 4.74 Å². The summed E-state index contributed by atoms with van der Waals surface area (Å²) in [6.07, 6.45) is 4.99. The van der Waals surface area contributed by atoms with Gasteiger partial charge in [-0.25, -0.2) is 4.79 Å². The number of hydrogen-bond acceptors (Lipinski definition) is 4. The summed E-state index contributed by atoms with van der Waals surface area (Å²) in [5.74, 6) is 0.413. The molecule has 0 unspecified atom stereocenters. The van der Waals surface area contributed by atoms with Crippen molar-refractivity contribution in [1.29, 1.82) is 0 Å². The van der Waals surface area contributed by atoms with E-state index in [0.29, 0.717) is 4.47 Å². The molecule has 0 radical (unpaired) electrons. The van der Waals surface area contributed by atoms with E-state index >= 15 is 0 Å². The molecule has 2 rings (SSSR count). The van der Waals surface area contributed by atoms with Crippen LogP contribution in [0.1, 0.15) is 27.6 Å². The summed E-state index contributed by atoms with van der Waals surface area (Å²) in [5.41, 5.74) is 0.538. The van der Waals surface area contributed by atoms with Crippen LogP contribution in [0.15, 0.2) is 22.7 Å². The number of hydrogen-bond donors (Lipinski definition) is 0. The van der Waals surface area contributed by atoms with Crippen molar-refractivity contribution in [2.45, 2.75) is 13.0 Å². The summed E-state index contributed by atoms with van der Waals surface area (Å²) >= 11 is 3.24. The van der Waals surface area contributed by atoms with Crippen molar-refractivity contribution in [3.05, 3.63) is 33.8 Å². The molecule has 1 aliphatic rings. The number of terminal acetylenes is 1. The monoisotopic (exact) mass is 335 g/mol. The Labute approximate surface area is 124 Å². The minimum atomic E-state index is -1.02. The van der Waals surface area contributed by atoms with Crippen molar-refractivity contribution in [3.8, 4) is 12.3 Å². The Morgan fingerprint density at radius 1 is 1.40 bits per heavy atom. The van der Waals surface area contributed by atoms with E-state index in [1.54, 1.807) is 18.2 Å². The first kappa shape index (κ1) is 14.3. The number of ether oxygens (including phenoxy) is 1. The average Bonchev–Trinajstić information content (AvgIpc) is 2.67. The predicted octanol–water partition coefficient (Wildman–Crippen LogP) is 1.61. The molecule has 1 atom stereocenters. The summed E-state index contributed by atoms with van der Waals surface area (Å²) in [5, 5.41) is 0. The highest BCUT2D eigenvalue weighted by molar-refractivity contribution is 9.10. The fourth-order valence-electron chi connectivity index (χ4n) is 1.92. The van der Waals surface area contributed by atoms with Crippen molar-refractivity contribution < 1.29 is 19.1 Å². The van der Waals surface area contributed by atoms with Gasteiger partial charge in [0.25, 0.3) is 11.8 Å². The second-order valence-electron chi connectivity index (χ2n) is 4.16. The van der Waals surface area contributed by atoms with Crippen molar-refractivity contribution in [2.24, 2.45) is 0 Å². The zero-order valence-corrected chi connectivity index (χ0v) is 12.1. The van der Waals surface area contributed by atoms with Crippen LogP contribution < -0.4 is 0 Å². The number of benzene rings is 1. The molecule has 1 aliphatic heterocycles.